The van der Waals surface area contributed by atoms with Gasteiger partial charge in [0, 0.05) is 0 Å². The zero-order valence-corrected chi connectivity index (χ0v) is 8.81. The van der Waals surface area contributed by atoms with E-state index in [9.17, 15) is 0 Å². The van der Waals surface area contributed by atoms with E-state index in [1.165, 1.54) is 0 Å². The molecule has 0 aliphatic carbocycles. The third-order valence-electron chi connectivity index (χ3n) is 1.94. The third-order valence-corrected chi connectivity index (χ3v) is 2.31. The molecule has 0 aliphatic heterocycles. The van der Waals surface area contributed by atoms with Crippen LogP contribution < -0.4 is 0 Å². The summed E-state index contributed by atoms with van der Waals surface area (Å²) in [5.41, 5.74) is 1.26. The lowest BCUT2D eigenvalue weighted by Gasteiger charge is -1.99. The molecule has 5 nitrogen and oxygen atoms in total. The maximum atomic E-state index is 8.80. The minimum Gasteiger partial charge on any atom is -0.390 e. The first-order chi connectivity index (χ1) is 7.20. The van der Waals surface area contributed by atoms with Gasteiger partial charge >= 0.3 is 0 Å². The SMILES string of the molecule is Cc1nn(-c2ccc(CO)nn2)cc1Cl. The Kier molecular flexibility index (Phi) is 2.66. The summed E-state index contributed by atoms with van der Waals surface area (Å²) in [5.74, 6) is 0.571. The Hall–Kier alpha value is -1.46. The number of hydrogen-bond acceptors (Lipinski definition) is 4. The zero-order valence-electron chi connectivity index (χ0n) is 8.05. The standard InChI is InChI=1S/C9H9ClN4O/c1-6-8(10)4-14(13-6)9-3-2-7(5-15)11-12-9/h2-4,15H,5H2,1H3. The molecule has 2 aromatic rings. The summed E-state index contributed by atoms with van der Waals surface area (Å²) < 4.78 is 1.55. The van der Waals surface area contributed by atoms with Gasteiger partial charge in [-0.25, -0.2) is 4.68 Å². The van der Waals surface area contributed by atoms with Crippen molar-refractivity contribution in [2.75, 3.05) is 0 Å². The zero-order chi connectivity index (χ0) is 10.8. The summed E-state index contributed by atoms with van der Waals surface area (Å²) in [5, 5.41) is 21.3. The lowest BCUT2D eigenvalue weighted by Crippen LogP contribution is -2.01. The molecule has 0 bridgehead atoms. The van der Waals surface area contributed by atoms with Crippen molar-refractivity contribution < 1.29 is 5.11 Å². The van der Waals surface area contributed by atoms with Gasteiger partial charge < -0.3 is 5.11 Å². The minimum absolute atomic E-state index is 0.119. The Labute approximate surface area is 91.3 Å². The summed E-state index contributed by atoms with van der Waals surface area (Å²) in [7, 11) is 0. The summed E-state index contributed by atoms with van der Waals surface area (Å²) >= 11 is 5.87. The van der Waals surface area contributed by atoms with Gasteiger partial charge in [-0.2, -0.15) is 10.2 Å². The van der Waals surface area contributed by atoms with E-state index in [1.807, 2.05) is 6.92 Å². The van der Waals surface area contributed by atoms with Crippen LogP contribution in [0.1, 0.15) is 11.4 Å². The van der Waals surface area contributed by atoms with Crippen LogP contribution in [0.15, 0.2) is 18.3 Å². The Morgan fingerprint density at radius 3 is 2.67 bits per heavy atom. The predicted molar refractivity (Wildman–Crippen MR) is 54.8 cm³/mol. The molecule has 2 aromatic heterocycles. The molecule has 0 fully saturated rings. The van der Waals surface area contributed by atoms with Crippen LogP contribution in [-0.4, -0.2) is 25.1 Å². The summed E-state index contributed by atoms with van der Waals surface area (Å²) in [6.45, 7) is 1.69. The van der Waals surface area contributed by atoms with Crippen molar-refractivity contribution in [1.29, 1.82) is 0 Å². The molecule has 0 unspecified atom stereocenters. The van der Waals surface area contributed by atoms with Gasteiger partial charge in [-0.3, -0.25) is 0 Å². The van der Waals surface area contributed by atoms with E-state index < -0.39 is 0 Å². The molecule has 78 valence electrons. The maximum absolute atomic E-state index is 8.80. The van der Waals surface area contributed by atoms with Crippen LogP contribution in [0.5, 0.6) is 0 Å². The summed E-state index contributed by atoms with van der Waals surface area (Å²) in [6.07, 6.45) is 1.67. The van der Waals surface area contributed by atoms with E-state index in [1.54, 1.807) is 23.0 Å². The molecule has 6 heteroatoms. The van der Waals surface area contributed by atoms with Crippen molar-refractivity contribution in [3.63, 3.8) is 0 Å². The topological polar surface area (TPSA) is 63.8 Å². The second-order valence-corrected chi connectivity index (χ2v) is 3.46. The van der Waals surface area contributed by atoms with Crippen molar-refractivity contribution in [1.82, 2.24) is 20.0 Å². The monoisotopic (exact) mass is 224 g/mol. The predicted octanol–water partition coefficient (Wildman–Crippen LogP) is 1.12. The van der Waals surface area contributed by atoms with E-state index >= 15 is 0 Å². The Balaban J connectivity index is 2.37. The van der Waals surface area contributed by atoms with Crippen LogP contribution in [0.3, 0.4) is 0 Å². The van der Waals surface area contributed by atoms with Gasteiger partial charge in [-0.15, -0.1) is 5.10 Å². The molecule has 0 aliphatic rings. The number of aliphatic hydroxyl groups excluding tert-OH is 1. The molecule has 15 heavy (non-hydrogen) atoms. The van der Waals surface area contributed by atoms with Crippen molar-refractivity contribution in [3.05, 3.63) is 34.7 Å². The highest BCUT2D eigenvalue weighted by atomic mass is 35.5. The molecule has 1 N–H and O–H groups in total. The van der Waals surface area contributed by atoms with Crippen LogP contribution in [0.4, 0.5) is 0 Å². The van der Waals surface area contributed by atoms with Gasteiger partial charge in [-0.1, -0.05) is 11.6 Å². The largest absolute Gasteiger partial charge is 0.390 e. The second kappa shape index (κ2) is 3.96. The highest BCUT2D eigenvalue weighted by Crippen LogP contribution is 2.14. The summed E-state index contributed by atoms with van der Waals surface area (Å²) in [4.78, 5) is 0. The van der Waals surface area contributed by atoms with Gasteiger partial charge in [0.15, 0.2) is 5.82 Å². The first kappa shape index (κ1) is 10.1. The first-order valence-corrected chi connectivity index (χ1v) is 4.74. The van der Waals surface area contributed by atoms with Crippen molar-refractivity contribution in [2.24, 2.45) is 0 Å². The van der Waals surface area contributed by atoms with Crippen LogP contribution >= 0.6 is 11.6 Å². The van der Waals surface area contributed by atoms with Crippen molar-refractivity contribution >= 4 is 11.6 Å². The number of nitrogens with zero attached hydrogens (tertiary/aromatic N) is 4. The fourth-order valence-corrected chi connectivity index (χ4v) is 1.25. The Bertz CT molecular complexity index is 446. The number of aromatic nitrogens is 4. The van der Waals surface area contributed by atoms with Crippen LogP contribution in [0.2, 0.25) is 5.02 Å². The lowest BCUT2D eigenvalue weighted by atomic mass is 10.4. The molecule has 0 radical (unpaired) electrons. The smallest absolute Gasteiger partial charge is 0.175 e. The Morgan fingerprint density at radius 2 is 2.20 bits per heavy atom. The number of aliphatic hydroxyl groups is 1. The maximum Gasteiger partial charge on any atom is 0.175 e. The molecule has 0 atom stereocenters. The minimum atomic E-state index is -0.119. The van der Waals surface area contributed by atoms with Gasteiger partial charge in [0.1, 0.15) is 0 Å². The molecular formula is C9H9ClN4O. The average Bonchev–Trinajstić information content (AvgIpc) is 2.59. The molecule has 0 saturated carbocycles. The highest BCUT2D eigenvalue weighted by molar-refractivity contribution is 6.31. The van der Waals surface area contributed by atoms with Gasteiger partial charge in [-0.05, 0) is 19.1 Å². The Morgan fingerprint density at radius 1 is 1.40 bits per heavy atom. The lowest BCUT2D eigenvalue weighted by molar-refractivity contribution is 0.275. The summed E-state index contributed by atoms with van der Waals surface area (Å²) in [6, 6.07) is 3.41. The fourth-order valence-electron chi connectivity index (χ4n) is 1.12. The van der Waals surface area contributed by atoms with E-state index in [2.05, 4.69) is 15.3 Å². The quantitative estimate of drug-likeness (QED) is 0.830. The van der Waals surface area contributed by atoms with Crippen LogP contribution in [-0.2, 0) is 6.61 Å². The van der Waals surface area contributed by atoms with Crippen molar-refractivity contribution in [2.45, 2.75) is 13.5 Å². The van der Waals surface area contributed by atoms with Crippen LogP contribution in [0.25, 0.3) is 5.82 Å². The number of rotatable bonds is 2. The fraction of sp³-hybridized carbons (Fsp3) is 0.222. The molecule has 0 amide bonds. The van der Waals surface area contributed by atoms with Crippen molar-refractivity contribution in [3.8, 4) is 5.82 Å². The van der Waals surface area contributed by atoms with Gasteiger partial charge in [0.05, 0.1) is 29.2 Å². The number of aryl methyl sites for hydroxylation is 1. The first-order valence-electron chi connectivity index (χ1n) is 4.36. The highest BCUT2D eigenvalue weighted by Gasteiger charge is 2.05. The van der Waals surface area contributed by atoms with E-state index in [-0.39, 0.29) is 6.61 Å². The molecule has 0 spiro atoms. The molecule has 2 rings (SSSR count). The van der Waals surface area contributed by atoms with Gasteiger partial charge in [0.2, 0.25) is 0 Å². The third kappa shape index (κ3) is 1.98. The van der Waals surface area contributed by atoms with Crippen LogP contribution in [0, 0.1) is 6.92 Å². The molecular weight excluding hydrogens is 216 g/mol. The van der Waals surface area contributed by atoms with Gasteiger partial charge in [0.25, 0.3) is 0 Å². The molecule has 0 aromatic carbocycles. The normalized spacial score (nSPS) is 10.6. The van der Waals surface area contributed by atoms with E-state index in [4.69, 9.17) is 16.7 Å². The molecule has 2 heterocycles. The number of hydrogen-bond donors (Lipinski definition) is 1. The number of halogens is 1. The second-order valence-electron chi connectivity index (χ2n) is 3.05. The molecule has 0 saturated heterocycles. The van der Waals surface area contributed by atoms with E-state index in [0.717, 1.165) is 5.69 Å². The average molecular weight is 225 g/mol. The van der Waals surface area contributed by atoms with E-state index in [0.29, 0.717) is 16.5 Å².